The minimum atomic E-state index is -0.653. The predicted octanol–water partition coefficient (Wildman–Crippen LogP) is 3.46. The standard InChI is InChI=1S/C16H30N4OS.HI/c1-5-8-16(21,9-6-2)11-19-15(17-7-3)18-10-14-13(4)20-12-22-14;/h12,21H,5-11H2,1-4H3,(H2,17,18,19);1H. The molecule has 3 N–H and O–H groups in total. The minimum absolute atomic E-state index is 0. The van der Waals surface area contributed by atoms with Crippen molar-refractivity contribution >= 4 is 41.3 Å². The molecule has 0 saturated carbocycles. The fraction of sp³-hybridized carbons (Fsp3) is 0.750. The molecule has 1 heterocycles. The van der Waals surface area contributed by atoms with Crippen LogP contribution in [0.25, 0.3) is 0 Å². The van der Waals surface area contributed by atoms with Gasteiger partial charge in [0.05, 0.1) is 23.4 Å². The number of aromatic nitrogens is 1. The van der Waals surface area contributed by atoms with E-state index in [1.807, 2.05) is 19.4 Å². The number of aryl methyl sites for hydroxylation is 1. The van der Waals surface area contributed by atoms with Gasteiger partial charge >= 0.3 is 0 Å². The Labute approximate surface area is 161 Å². The molecule has 0 unspecified atom stereocenters. The summed E-state index contributed by atoms with van der Waals surface area (Å²) in [4.78, 5) is 10.0. The van der Waals surface area contributed by atoms with E-state index in [0.29, 0.717) is 13.1 Å². The molecule has 1 aromatic heterocycles. The van der Waals surface area contributed by atoms with Crippen molar-refractivity contribution in [1.29, 1.82) is 0 Å². The molecule has 1 aromatic rings. The highest BCUT2D eigenvalue weighted by molar-refractivity contribution is 14.0. The van der Waals surface area contributed by atoms with Gasteiger partial charge in [-0.15, -0.1) is 35.3 Å². The average molecular weight is 454 g/mol. The van der Waals surface area contributed by atoms with Crippen LogP contribution in [-0.4, -0.2) is 34.7 Å². The lowest BCUT2D eigenvalue weighted by atomic mass is 9.93. The van der Waals surface area contributed by atoms with Crippen molar-refractivity contribution < 1.29 is 5.11 Å². The molecule has 134 valence electrons. The van der Waals surface area contributed by atoms with Crippen molar-refractivity contribution in [1.82, 2.24) is 15.6 Å². The number of guanidine groups is 1. The van der Waals surface area contributed by atoms with Crippen molar-refractivity contribution in [3.05, 3.63) is 16.1 Å². The van der Waals surface area contributed by atoms with Crippen LogP contribution in [0.5, 0.6) is 0 Å². The summed E-state index contributed by atoms with van der Waals surface area (Å²) in [5.74, 6) is 0.751. The largest absolute Gasteiger partial charge is 0.388 e. The number of halogens is 1. The van der Waals surface area contributed by atoms with Crippen LogP contribution < -0.4 is 10.6 Å². The Hall–Kier alpha value is -0.410. The van der Waals surface area contributed by atoms with Gasteiger partial charge in [0.25, 0.3) is 0 Å². The highest BCUT2D eigenvalue weighted by Gasteiger charge is 2.24. The molecule has 0 atom stereocenters. The number of aliphatic hydroxyl groups is 1. The fourth-order valence-corrected chi connectivity index (χ4v) is 3.15. The monoisotopic (exact) mass is 454 g/mol. The maximum Gasteiger partial charge on any atom is 0.191 e. The van der Waals surface area contributed by atoms with Crippen LogP contribution in [0.2, 0.25) is 0 Å². The van der Waals surface area contributed by atoms with Gasteiger partial charge in [-0.05, 0) is 26.7 Å². The summed E-state index contributed by atoms with van der Waals surface area (Å²) in [6, 6.07) is 0. The van der Waals surface area contributed by atoms with Crippen molar-refractivity contribution in [2.75, 3.05) is 13.1 Å². The minimum Gasteiger partial charge on any atom is -0.388 e. The van der Waals surface area contributed by atoms with Crippen LogP contribution in [0.1, 0.15) is 57.0 Å². The van der Waals surface area contributed by atoms with Crippen LogP contribution in [0, 0.1) is 6.92 Å². The smallest absolute Gasteiger partial charge is 0.191 e. The number of hydrogen-bond donors (Lipinski definition) is 3. The summed E-state index contributed by atoms with van der Waals surface area (Å²) in [5.41, 5.74) is 2.24. The number of nitrogens with one attached hydrogen (secondary N) is 2. The summed E-state index contributed by atoms with van der Waals surface area (Å²) in [6.45, 7) is 10.2. The maximum atomic E-state index is 10.7. The molecule has 0 aliphatic heterocycles. The molecule has 0 saturated heterocycles. The van der Waals surface area contributed by atoms with Gasteiger partial charge in [-0.1, -0.05) is 26.7 Å². The van der Waals surface area contributed by atoms with Crippen LogP contribution >= 0.6 is 35.3 Å². The van der Waals surface area contributed by atoms with E-state index in [9.17, 15) is 5.11 Å². The van der Waals surface area contributed by atoms with E-state index < -0.39 is 5.60 Å². The Bertz CT molecular complexity index is 459. The zero-order chi connectivity index (χ0) is 16.4. The van der Waals surface area contributed by atoms with Crippen molar-refractivity contribution in [3.8, 4) is 0 Å². The lowest BCUT2D eigenvalue weighted by Gasteiger charge is -2.28. The van der Waals surface area contributed by atoms with Crippen LogP contribution in [-0.2, 0) is 6.54 Å². The number of rotatable bonds is 9. The molecule has 1 rings (SSSR count). The SMILES string of the molecule is CCCC(O)(CCC)CNC(=NCc1scnc1C)NCC.I. The first-order chi connectivity index (χ1) is 10.5. The molecule has 0 aliphatic carbocycles. The van der Waals surface area contributed by atoms with Crippen LogP contribution in [0.15, 0.2) is 10.5 Å². The molecule has 5 nitrogen and oxygen atoms in total. The van der Waals surface area contributed by atoms with Crippen LogP contribution in [0.3, 0.4) is 0 Å². The van der Waals surface area contributed by atoms with Gasteiger partial charge in [-0.25, -0.2) is 9.98 Å². The first kappa shape index (κ1) is 22.6. The van der Waals surface area contributed by atoms with E-state index in [-0.39, 0.29) is 24.0 Å². The molecule has 0 radical (unpaired) electrons. The fourth-order valence-electron chi connectivity index (χ4n) is 2.45. The molecule has 0 aliphatic rings. The lowest BCUT2D eigenvalue weighted by molar-refractivity contribution is 0.0257. The second-order valence-corrected chi connectivity index (χ2v) is 6.57. The third-order valence-corrected chi connectivity index (χ3v) is 4.51. The molecular formula is C16H31IN4OS. The van der Waals surface area contributed by atoms with Gasteiger partial charge in [-0.3, -0.25) is 0 Å². The summed E-state index contributed by atoms with van der Waals surface area (Å²) >= 11 is 1.63. The number of aliphatic imine (C=N–C) groups is 1. The predicted molar refractivity (Wildman–Crippen MR) is 110 cm³/mol. The van der Waals surface area contributed by atoms with E-state index in [1.165, 1.54) is 4.88 Å². The van der Waals surface area contributed by atoms with Gasteiger partial charge in [0.15, 0.2) is 5.96 Å². The Kier molecular flexibility index (Phi) is 11.8. The second-order valence-electron chi connectivity index (χ2n) is 5.63. The molecule has 0 bridgehead atoms. The normalized spacial score (nSPS) is 12.0. The first-order valence-electron chi connectivity index (χ1n) is 8.18. The van der Waals surface area contributed by atoms with Crippen molar-refractivity contribution in [3.63, 3.8) is 0 Å². The van der Waals surface area contributed by atoms with Gasteiger partial charge in [-0.2, -0.15) is 0 Å². The van der Waals surface area contributed by atoms with Gasteiger partial charge in [0, 0.05) is 18.0 Å². The quantitative estimate of drug-likeness (QED) is 0.304. The molecule has 0 amide bonds. The third-order valence-electron chi connectivity index (χ3n) is 3.59. The highest BCUT2D eigenvalue weighted by Crippen LogP contribution is 2.18. The average Bonchev–Trinajstić information content (AvgIpc) is 2.88. The molecule has 23 heavy (non-hydrogen) atoms. The number of thiazole rings is 1. The maximum absolute atomic E-state index is 10.7. The zero-order valence-electron chi connectivity index (χ0n) is 14.7. The van der Waals surface area contributed by atoms with Crippen molar-refractivity contribution in [2.45, 2.75) is 65.5 Å². The molecule has 0 spiro atoms. The van der Waals surface area contributed by atoms with Gasteiger partial charge in [0.1, 0.15) is 0 Å². The van der Waals surface area contributed by atoms with E-state index in [0.717, 1.165) is 43.9 Å². The Balaban J connectivity index is 0.00000484. The highest BCUT2D eigenvalue weighted by atomic mass is 127. The van der Waals surface area contributed by atoms with Gasteiger partial charge in [0.2, 0.25) is 0 Å². The van der Waals surface area contributed by atoms with E-state index in [4.69, 9.17) is 0 Å². The molecule has 7 heteroatoms. The Morgan fingerprint density at radius 3 is 2.39 bits per heavy atom. The second kappa shape index (κ2) is 12.0. The zero-order valence-corrected chi connectivity index (χ0v) is 17.8. The van der Waals surface area contributed by atoms with E-state index >= 15 is 0 Å². The molecule has 0 aromatic carbocycles. The Morgan fingerprint density at radius 1 is 1.26 bits per heavy atom. The molecule has 0 fully saturated rings. The first-order valence-corrected chi connectivity index (χ1v) is 9.06. The molecular weight excluding hydrogens is 423 g/mol. The topological polar surface area (TPSA) is 69.5 Å². The van der Waals surface area contributed by atoms with E-state index in [1.54, 1.807) is 11.3 Å². The number of hydrogen-bond acceptors (Lipinski definition) is 4. The summed E-state index contributed by atoms with van der Waals surface area (Å²) in [6.07, 6.45) is 3.57. The van der Waals surface area contributed by atoms with Gasteiger partial charge < -0.3 is 15.7 Å². The summed E-state index contributed by atoms with van der Waals surface area (Å²) in [5, 5.41) is 17.2. The number of nitrogens with zero attached hydrogens (tertiary/aromatic N) is 2. The van der Waals surface area contributed by atoms with Crippen LogP contribution in [0.4, 0.5) is 0 Å². The summed E-state index contributed by atoms with van der Waals surface area (Å²) in [7, 11) is 0. The van der Waals surface area contributed by atoms with E-state index in [2.05, 4.69) is 34.5 Å². The van der Waals surface area contributed by atoms with Crippen molar-refractivity contribution in [2.24, 2.45) is 4.99 Å². The Morgan fingerprint density at radius 2 is 1.91 bits per heavy atom. The lowest BCUT2D eigenvalue weighted by Crippen LogP contribution is -2.47. The summed E-state index contributed by atoms with van der Waals surface area (Å²) < 4.78 is 0. The third kappa shape index (κ3) is 8.30.